The SMILES string of the molecule is Cc1ccc(/C=C/C(=O)c2cccc(NC(=O)Nc3ccccc3)c2)cc1. The Balaban J connectivity index is 1.64. The first-order valence-corrected chi connectivity index (χ1v) is 8.62. The van der Waals surface area contributed by atoms with Crippen molar-refractivity contribution in [2.24, 2.45) is 0 Å². The maximum Gasteiger partial charge on any atom is 0.323 e. The van der Waals surface area contributed by atoms with Gasteiger partial charge in [-0.3, -0.25) is 4.79 Å². The minimum absolute atomic E-state index is 0.123. The average molecular weight is 356 g/mol. The van der Waals surface area contributed by atoms with Gasteiger partial charge in [-0.05, 0) is 42.8 Å². The normalized spacial score (nSPS) is 10.6. The van der Waals surface area contributed by atoms with Crippen LogP contribution in [0.5, 0.6) is 0 Å². The Morgan fingerprint density at radius 1 is 0.778 bits per heavy atom. The van der Waals surface area contributed by atoms with E-state index in [1.165, 1.54) is 11.6 Å². The fourth-order valence-corrected chi connectivity index (χ4v) is 2.51. The van der Waals surface area contributed by atoms with E-state index in [2.05, 4.69) is 10.6 Å². The molecule has 0 heterocycles. The van der Waals surface area contributed by atoms with Crippen molar-refractivity contribution in [3.8, 4) is 0 Å². The van der Waals surface area contributed by atoms with E-state index in [0.717, 1.165) is 5.56 Å². The summed E-state index contributed by atoms with van der Waals surface area (Å²) in [7, 11) is 0. The molecule has 0 spiro atoms. The van der Waals surface area contributed by atoms with Crippen LogP contribution in [0.3, 0.4) is 0 Å². The topological polar surface area (TPSA) is 58.2 Å². The van der Waals surface area contributed by atoms with E-state index in [0.29, 0.717) is 16.9 Å². The maximum atomic E-state index is 12.4. The first-order valence-electron chi connectivity index (χ1n) is 8.62. The molecule has 3 aromatic rings. The minimum atomic E-state index is -0.360. The van der Waals surface area contributed by atoms with Crippen molar-refractivity contribution in [1.82, 2.24) is 0 Å². The van der Waals surface area contributed by atoms with Gasteiger partial charge < -0.3 is 10.6 Å². The monoisotopic (exact) mass is 356 g/mol. The summed E-state index contributed by atoms with van der Waals surface area (Å²) in [4.78, 5) is 24.5. The van der Waals surface area contributed by atoms with Crippen molar-refractivity contribution in [3.63, 3.8) is 0 Å². The highest BCUT2D eigenvalue weighted by Gasteiger charge is 2.06. The molecule has 0 atom stereocenters. The van der Waals surface area contributed by atoms with Gasteiger partial charge in [0.15, 0.2) is 5.78 Å². The van der Waals surface area contributed by atoms with E-state index >= 15 is 0 Å². The largest absolute Gasteiger partial charge is 0.323 e. The number of ketones is 1. The minimum Gasteiger partial charge on any atom is -0.308 e. The molecule has 4 heteroatoms. The number of para-hydroxylation sites is 1. The lowest BCUT2D eigenvalue weighted by atomic mass is 10.1. The van der Waals surface area contributed by atoms with Crippen LogP contribution in [0, 0.1) is 6.92 Å². The molecule has 3 aromatic carbocycles. The van der Waals surface area contributed by atoms with Gasteiger partial charge in [0.05, 0.1) is 0 Å². The summed E-state index contributed by atoms with van der Waals surface area (Å²) in [6.45, 7) is 2.02. The lowest BCUT2D eigenvalue weighted by Crippen LogP contribution is -2.19. The zero-order chi connectivity index (χ0) is 19.1. The van der Waals surface area contributed by atoms with Crippen LogP contribution in [0.25, 0.3) is 6.08 Å². The van der Waals surface area contributed by atoms with Crippen LogP contribution in [0.1, 0.15) is 21.5 Å². The Morgan fingerprint density at radius 3 is 2.19 bits per heavy atom. The third kappa shape index (κ3) is 5.41. The van der Waals surface area contributed by atoms with Gasteiger partial charge in [-0.15, -0.1) is 0 Å². The second-order valence-electron chi connectivity index (χ2n) is 6.13. The number of allylic oxidation sites excluding steroid dienone is 1. The number of anilines is 2. The second kappa shape index (κ2) is 8.63. The molecule has 27 heavy (non-hydrogen) atoms. The number of rotatable bonds is 5. The molecule has 0 aromatic heterocycles. The fourth-order valence-electron chi connectivity index (χ4n) is 2.51. The van der Waals surface area contributed by atoms with Crippen molar-refractivity contribution in [2.75, 3.05) is 10.6 Å². The van der Waals surface area contributed by atoms with Crippen molar-refractivity contribution in [1.29, 1.82) is 0 Å². The molecule has 0 radical (unpaired) electrons. The average Bonchev–Trinajstić information content (AvgIpc) is 2.68. The third-order valence-corrected chi connectivity index (χ3v) is 3.94. The van der Waals surface area contributed by atoms with Crippen molar-refractivity contribution in [3.05, 3.63) is 102 Å². The summed E-state index contributed by atoms with van der Waals surface area (Å²) < 4.78 is 0. The van der Waals surface area contributed by atoms with Crippen LogP contribution in [-0.4, -0.2) is 11.8 Å². The fraction of sp³-hybridized carbons (Fsp3) is 0.0435. The van der Waals surface area contributed by atoms with Gasteiger partial charge in [-0.25, -0.2) is 4.79 Å². The van der Waals surface area contributed by atoms with E-state index in [1.54, 1.807) is 42.5 Å². The van der Waals surface area contributed by atoms with Crippen LogP contribution in [0.2, 0.25) is 0 Å². The summed E-state index contributed by atoms with van der Waals surface area (Å²) in [6, 6.07) is 23.6. The number of hydrogen-bond acceptors (Lipinski definition) is 2. The third-order valence-electron chi connectivity index (χ3n) is 3.94. The summed E-state index contributed by atoms with van der Waals surface area (Å²) >= 11 is 0. The van der Waals surface area contributed by atoms with E-state index in [9.17, 15) is 9.59 Å². The molecule has 4 nitrogen and oxygen atoms in total. The molecule has 3 rings (SSSR count). The number of nitrogens with one attached hydrogen (secondary N) is 2. The zero-order valence-corrected chi connectivity index (χ0v) is 15.0. The van der Waals surface area contributed by atoms with Crippen LogP contribution < -0.4 is 10.6 Å². The molecule has 0 aliphatic carbocycles. The predicted molar refractivity (Wildman–Crippen MR) is 110 cm³/mol. The highest BCUT2D eigenvalue weighted by molar-refractivity contribution is 6.08. The molecule has 134 valence electrons. The van der Waals surface area contributed by atoms with Crippen LogP contribution in [0.4, 0.5) is 16.2 Å². The van der Waals surface area contributed by atoms with Crippen molar-refractivity contribution >= 4 is 29.3 Å². The molecule has 0 saturated carbocycles. The first kappa shape index (κ1) is 18.1. The number of benzene rings is 3. The molecule has 0 unspecified atom stereocenters. The highest BCUT2D eigenvalue weighted by Crippen LogP contribution is 2.14. The molecule has 2 amide bonds. The number of amides is 2. The van der Waals surface area contributed by atoms with Crippen LogP contribution in [-0.2, 0) is 0 Å². The summed E-state index contributed by atoms with van der Waals surface area (Å²) in [5.74, 6) is -0.123. The van der Waals surface area contributed by atoms with Gasteiger partial charge in [0.2, 0.25) is 0 Å². The Morgan fingerprint density at radius 2 is 1.44 bits per heavy atom. The Bertz CT molecular complexity index is 961. The summed E-state index contributed by atoms with van der Waals surface area (Å²) in [5, 5.41) is 5.48. The predicted octanol–water partition coefficient (Wildman–Crippen LogP) is 5.54. The maximum absolute atomic E-state index is 12.4. The number of aryl methyl sites for hydroxylation is 1. The molecule has 0 bridgehead atoms. The molecule has 0 saturated heterocycles. The lowest BCUT2D eigenvalue weighted by molar-refractivity contribution is 0.104. The van der Waals surface area contributed by atoms with Gasteiger partial charge in [-0.2, -0.15) is 0 Å². The van der Waals surface area contributed by atoms with Crippen LogP contribution >= 0.6 is 0 Å². The van der Waals surface area contributed by atoms with Gasteiger partial charge in [-0.1, -0.05) is 66.2 Å². The number of urea groups is 1. The summed E-state index contributed by atoms with van der Waals surface area (Å²) in [6.07, 6.45) is 3.32. The van der Waals surface area contributed by atoms with Gasteiger partial charge >= 0.3 is 6.03 Å². The number of hydrogen-bond donors (Lipinski definition) is 2. The second-order valence-corrected chi connectivity index (χ2v) is 6.13. The molecular formula is C23H20N2O2. The van der Waals surface area contributed by atoms with E-state index in [4.69, 9.17) is 0 Å². The molecule has 2 N–H and O–H groups in total. The Hall–Kier alpha value is -3.66. The van der Waals surface area contributed by atoms with E-state index < -0.39 is 0 Å². The van der Waals surface area contributed by atoms with Gasteiger partial charge in [0.25, 0.3) is 0 Å². The Kier molecular flexibility index (Phi) is 5.80. The molecule has 0 fully saturated rings. The van der Waals surface area contributed by atoms with Crippen LogP contribution in [0.15, 0.2) is 84.9 Å². The first-order chi connectivity index (χ1) is 13.1. The van der Waals surface area contributed by atoms with Crippen molar-refractivity contribution in [2.45, 2.75) is 6.92 Å². The van der Waals surface area contributed by atoms with E-state index in [-0.39, 0.29) is 11.8 Å². The summed E-state index contributed by atoms with van der Waals surface area (Å²) in [5.41, 5.74) is 3.90. The smallest absolute Gasteiger partial charge is 0.308 e. The lowest BCUT2D eigenvalue weighted by Gasteiger charge is -2.08. The molecule has 0 aliphatic rings. The molecule has 0 aliphatic heterocycles. The van der Waals surface area contributed by atoms with Crippen molar-refractivity contribution < 1.29 is 9.59 Å². The highest BCUT2D eigenvalue weighted by atomic mass is 16.2. The Labute approximate surface area is 158 Å². The molecular weight excluding hydrogens is 336 g/mol. The van der Waals surface area contributed by atoms with Gasteiger partial charge in [0.1, 0.15) is 0 Å². The zero-order valence-electron chi connectivity index (χ0n) is 15.0. The number of carbonyl (C=O) groups is 2. The standard InChI is InChI=1S/C23H20N2O2/c1-17-10-12-18(13-11-17)14-15-22(26)19-6-5-9-21(16-19)25-23(27)24-20-7-3-2-4-8-20/h2-16H,1H3,(H2,24,25,27)/b15-14+. The quantitative estimate of drug-likeness (QED) is 0.466. The van der Waals surface area contributed by atoms with Gasteiger partial charge in [0, 0.05) is 16.9 Å². The van der Waals surface area contributed by atoms with E-state index in [1.807, 2.05) is 49.4 Å². The number of carbonyl (C=O) groups excluding carboxylic acids is 2.